The van der Waals surface area contributed by atoms with E-state index in [0.717, 1.165) is 16.9 Å². The maximum atomic E-state index is 5.70. The molecule has 2 aromatic heterocycles. The minimum Gasteiger partial charge on any atom is -0.339 e. The van der Waals surface area contributed by atoms with Crippen molar-refractivity contribution >= 4 is 23.0 Å². The average Bonchev–Trinajstić information content (AvgIpc) is 2.66. The van der Waals surface area contributed by atoms with E-state index in [1.807, 2.05) is 30.5 Å². The minimum atomic E-state index is 0.631. The molecular formula is C21H22N4S. The first-order valence-electron chi connectivity index (χ1n) is 8.54. The smallest absolute Gasteiger partial charge is 0.174 e. The summed E-state index contributed by atoms with van der Waals surface area (Å²) in [7, 11) is 0. The molecule has 0 atom stereocenters. The van der Waals surface area contributed by atoms with E-state index in [4.69, 9.17) is 12.2 Å². The highest BCUT2D eigenvalue weighted by atomic mass is 32.1. The topological polar surface area (TPSA) is 41.0 Å². The van der Waals surface area contributed by atoms with Gasteiger partial charge in [0.2, 0.25) is 0 Å². The molecule has 5 heteroatoms. The van der Waals surface area contributed by atoms with Crippen LogP contribution >= 0.6 is 12.2 Å². The quantitative estimate of drug-likeness (QED) is 0.677. The van der Waals surface area contributed by atoms with Crippen molar-refractivity contribution in [1.82, 2.24) is 14.9 Å². The molecule has 26 heavy (non-hydrogen) atoms. The third-order valence-corrected chi connectivity index (χ3v) is 4.58. The molecule has 0 spiro atoms. The second-order valence-electron chi connectivity index (χ2n) is 6.27. The zero-order valence-electron chi connectivity index (χ0n) is 15.0. The molecule has 0 fully saturated rings. The van der Waals surface area contributed by atoms with Crippen LogP contribution in [-0.4, -0.2) is 20.0 Å². The highest BCUT2D eigenvalue weighted by Crippen LogP contribution is 2.16. The Bertz CT molecular complexity index is 824. The van der Waals surface area contributed by atoms with E-state index in [9.17, 15) is 0 Å². The van der Waals surface area contributed by atoms with Gasteiger partial charge in [-0.05, 0) is 73.1 Å². The van der Waals surface area contributed by atoms with Gasteiger partial charge in [0.1, 0.15) is 0 Å². The third kappa shape index (κ3) is 4.86. The number of rotatable bonds is 5. The molecule has 0 aliphatic heterocycles. The zero-order chi connectivity index (χ0) is 18.4. The summed E-state index contributed by atoms with van der Waals surface area (Å²) in [5.74, 6) is 0. The fourth-order valence-electron chi connectivity index (χ4n) is 2.62. The Balaban J connectivity index is 1.78. The molecule has 3 rings (SSSR count). The van der Waals surface area contributed by atoms with Crippen molar-refractivity contribution in [3.05, 3.63) is 89.5 Å². The van der Waals surface area contributed by atoms with Crippen LogP contribution in [0.1, 0.15) is 22.4 Å². The molecule has 0 amide bonds. The number of hydrogen-bond donors (Lipinski definition) is 1. The molecule has 0 aliphatic carbocycles. The van der Waals surface area contributed by atoms with E-state index in [1.54, 1.807) is 12.4 Å². The lowest BCUT2D eigenvalue weighted by Crippen LogP contribution is -2.34. The first kappa shape index (κ1) is 18.0. The standard InChI is InChI=1S/C21H22N4S/c1-16-8-9-19(12-17(16)2)24-21(26)25(14-18-6-5-10-22-13-18)15-20-7-3-4-11-23-20/h3-13H,14-15H2,1-2H3,(H,24,26). The van der Waals surface area contributed by atoms with E-state index in [2.05, 4.69) is 58.3 Å². The number of anilines is 1. The summed E-state index contributed by atoms with van der Waals surface area (Å²) >= 11 is 5.70. The van der Waals surface area contributed by atoms with Crippen molar-refractivity contribution in [3.63, 3.8) is 0 Å². The van der Waals surface area contributed by atoms with E-state index in [-0.39, 0.29) is 0 Å². The molecule has 0 saturated heterocycles. The van der Waals surface area contributed by atoms with E-state index < -0.39 is 0 Å². The number of nitrogens with zero attached hydrogens (tertiary/aromatic N) is 3. The van der Waals surface area contributed by atoms with E-state index in [0.29, 0.717) is 18.2 Å². The van der Waals surface area contributed by atoms with Crippen LogP contribution in [0.4, 0.5) is 5.69 Å². The molecule has 0 unspecified atom stereocenters. The molecule has 0 aliphatic rings. The zero-order valence-corrected chi connectivity index (χ0v) is 15.8. The van der Waals surface area contributed by atoms with Crippen LogP contribution in [0.2, 0.25) is 0 Å². The van der Waals surface area contributed by atoms with E-state index in [1.165, 1.54) is 11.1 Å². The summed E-state index contributed by atoms with van der Waals surface area (Å²) in [4.78, 5) is 10.7. The number of pyridine rings is 2. The summed E-state index contributed by atoms with van der Waals surface area (Å²) < 4.78 is 0. The Morgan fingerprint density at radius 1 is 1.00 bits per heavy atom. The molecule has 1 N–H and O–H groups in total. The molecule has 3 aromatic rings. The van der Waals surface area contributed by atoms with Gasteiger partial charge in [-0.1, -0.05) is 18.2 Å². The van der Waals surface area contributed by atoms with E-state index >= 15 is 0 Å². The van der Waals surface area contributed by atoms with Crippen LogP contribution in [0.3, 0.4) is 0 Å². The predicted octanol–water partition coefficient (Wildman–Crippen LogP) is 4.49. The van der Waals surface area contributed by atoms with Crippen LogP contribution in [0.5, 0.6) is 0 Å². The summed E-state index contributed by atoms with van der Waals surface area (Å²) in [5, 5.41) is 4.03. The monoisotopic (exact) mass is 362 g/mol. The number of benzene rings is 1. The van der Waals surface area contributed by atoms with Gasteiger partial charge in [0.25, 0.3) is 0 Å². The van der Waals surface area contributed by atoms with Gasteiger partial charge in [-0.2, -0.15) is 0 Å². The van der Waals surface area contributed by atoms with Gasteiger partial charge in [0.05, 0.1) is 12.2 Å². The number of aromatic nitrogens is 2. The maximum absolute atomic E-state index is 5.70. The van der Waals surface area contributed by atoms with Crippen molar-refractivity contribution in [1.29, 1.82) is 0 Å². The second kappa shape index (κ2) is 8.54. The van der Waals surface area contributed by atoms with Crippen LogP contribution < -0.4 is 5.32 Å². The Kier molecular flexibility index (Phi) is 5.92. The van der Waals surface area contributed by atoms with Crippen molar-refractivity contribution < 1.29 is 0 Å². The van der Waals surface area contributed by atoms with Crippen LogP contribution in [0.25, 0.3) is 0 Å². The van der Waals surface area contributed by atoms with Crippen molar-refractivity contribution in [2.75, 3.05) is 5.32 Å². The molecular weight excluding hydrogens is 340 g/mol. The lowest BCUT2D eigenvalue weighted by molar-refractivity contribution is 0.407. The molecule has 1 aromatic carbocycles. The molecule has 0 bridgehead atoms. The fraction of sp³-hybridized carbons (Fsp3) is 0.190. The van der Waals surface area contributed by atoms with Gasteiger partial charge in [-0.15, -0.1) is 0 Å². The summed E-state index contributed by atoms with van der Waals surface area (Å²) in [6, 6.07) is 16.2. The lowest BCUT2D eigenvalue weighted by atomic mass is 10.1. The number of hydrogen-bond acceptors (Lipinski definition) is 3. The van der Waals surface area contributed by atoms with Gasteiger partial charge in [0, 0.05) is 30.8 Å². The number of aryl methyl sites for hydroxylation is 2. The van der Waals surface area contributed by atoms with Gasteiger partial charge in [0.15, 0.2) is 5.11 Å². The summed E-state index contributed by atoms with van der Waals surface area (Å²) in [5.41, 5.74) is 5.58. The number of thiocarbonyl (C=S) groups is 1. The van der Waals surface area contributed by atoms with Gasteiger partial charge >= 0.3 is 0 Å². The predicted molar refractivity (Wildman–Crippen MR) is 110 cm³/mol. The molecule has 2 heterocycles. The summed E-state index contributed by atoms with van der Waals surface area (Å²) in [6.45, 7) is 5.51. The number of nitrogens with one attached hydrogen (secondary N) is 1. The van der Waals surface area contributed by atoms with Crippen LogP contribution in [0.15, 0.2) is 67.1 Å². The van der Waals surface area contributed by atoms with Crippen LogP contribution in [0, 0.1) is 13.8 Å². The highest BCUT2D eigenvalue weighted by molar-refractivity contribution is 7.80. The average molecular weight is 363 g/mol. The maximum Gasteiger partial charge on any atom is 0.174 e. The molecule has 0 radical (unpaired) electrons. The molecule has 132 valence electrons. The van der Waals surface area contributed by atoms with Gasteiger partial charge < -0.3 is 10.2 Å². The Morgan fingerprint density at radius 3 is 2.58 bits per heavy atom. The van der Waals surface area contributed by atoms with Crippen molar-refractivity contribution in [2.45, 2.75) is 26.9 Å². The fourth-order valence-corrected chi connectivity index (χ4v) is 2.87. The third-order valence-electron chi connectivity index (χ3n) is 4.22. The molecule has 0 saturated carbocycles. The highest BCUT2D eigenvalue weighted by Gasteiger charge is 2.13. The Morgan fingerprint density at radius 2 is 1.88 bits per heavy atom. The van der Waals surface area contributed by atoms with Gasteiger partial charge in [-0.3, -0.25) is 9.97 Å². The van der Waals surface area contributed by atoms with Crippen LogP contribution in [-0.2, 0) is 13.1 Å². The van der Waals surface area contributed by atoms with Crippen molar-refractivity contribution in [2.24, 2.45) is 0 Å². The first-order valence-corrected chi connectivity index (χ1v) is 8.94. The molecule has 4 nitrogen and oxygen atoms in total. The lowest BCUT2D eigenvalue weighted by Gasteiger charge is -2.26. The largest absolute Gasteiger partial charge is 0.339 e. The SMILES string of the molecule is Cc1ccc(NC(=S)N(Cc2cccnc2)Cc2ccccn2)cc1C. The first-order chi connectivity index (χ1) is 12.6. The minimum absolute atomic E-state index is 0.631. The second-order valence-corrected chi connectivity index (χ2v) is 6.65. The van der Waals surface area contributed by atoms with Gasteiger partial charge in [-0.25, -0.2) is 0 Å². The normalized spacial score (nSPS) is 10.4. The Labute approximate surface area is 159 Å². The Hall–Kier alpha value is -2.79. The van der Waals surface area contributed by atoms with Crippen molar-refractivity contribution in [3.8, 4) is 0 Å². The summed E-state index contributed by atoms with van der Waals surface area (Å²) in [6.07, 6.45) is 5.44.